The Kier molecular flexibility index (Phi) is 8.78. The largest absolute Gasteiger partial charge is 0.394 e. The van der Waals surface area contributed by atoms with E-state index in [0.717, 1.165) is 0 Å². The first-order valence-corrected chi connectivity index (χ1v) is 9.20. The molecule has 1 aromatic carbocycles. The number of aliphatic hydroxyl groups excluding tert-OH is 5. The third-order valence-electron chi connectivity index (χ3n) is 5.30. The van der Waals surface area contributed by atoms with Crippen molar-refractivity contribution in [3.05, 3.63) is 41.5 Å². The highest BCUT2D eigenvalue weighted by atomic mass is 16.4. The zero-order valence-electron chi connectivity index (χ0n) is 16.4. The van der Waals surface area contributed by atoms with Crippen LogP contribution in [0.1, 0.15) is 38.8 Å². The van der Waals surface area contributed by atoms with Gasteiger partial charge in [0.1, 0.15) is 24.4 Å². The lowest BCUT2D eigenvalue weighted by atomic mass is 9.66. The summed E-state index contributed by atoms with van der Waals surface area (Å²) in [5.41, 5.74) is 3.16. The first-order chi connectivity index (χ1) is 12.6. The average Bonchev–Trinajstić information content (AvgIpc) is 3.07. The fourth-order valence-corrected chi connectivity index (χ4v) is 3.65. The second-order valence-electron chi connectivity index (χ2n) is 7.52. The zero-order chi connectivity index (χ0) is 20.8. The van der Waals surface area contributed by atoms with E-state index in [-0.39, 0.29) is 11.7 Å². The smallest absolute Gasteiger partial charge is 0.151 e. The Morgan fingerprint density at radius 1 is 0.963 bits per heavy atom. The van der Waals surface area contributed by atoms with Crippen LogP contribution in [-0.2, 0) is 10.2 Å². The fraction of sp³-hybridized carbons (Fsp3) is 0.571. The van der Waals surface area contributed by atoms with Crippen LogP contribution in [0.15, 0.2) is 30.3 Å². The van der Waals surface area contributed by atoms with Gasteiger partial charge in [-0.3, -0.25) is 0 Å². The number of rotatable bonds is 7. The zero-order valence-corrected chi connectivity index (χ0v) is 16.4. The molecule has 1 aromatic rings. The van der Waals surface area contributed by atoms with Gasteiger partial charge in [0, 0.05) is 5.41 Å². The second-order valence-corrected chi connectivity index (χ2v) is 7.52. The van der Waals surface area contributed by atoms with Crippen LogP contribution >= 0.6 is 0 Å². The average molecular weight is 380 g/mol. The molecule has 0 spiro atoms. The van der Waals surface area contributed by atoms with Crippen LogP contribution < -0.4 is 0 Å². The first kappa shape index (κ1) is 23.5. The Bertz CT molecular complexity index is 617. The van der Waals surface area contributed by atoms with Gasteiger partial charge in [-0.2, -0.15) is 0 Å². The Balaban J connectivity index is 0.000000279. The van der Waals surface area contributed by atoms with Gasteiger partial charge in [0.2, 0.25) is 0 Å². The maximum atomic E-state index is 9.90. The van der Waals surface area contributed by atoms with Gasteiger partial charge < -0.3 is 30.3 Å². The molecule has 1 aliphatic rings. The number of benzene rings is 1. The number of aliphatic hydroxyl groups is 5. The van der Waals surface area contributed by atoms with E-state index in [2.05, 4.69) is 64.1 Å². The normalized spacial score (nSPS) is 19.1. The monoisotopic (exact) mass is 380 g/mol. The van der Waals surface area contributed by atoms with Crippen LogP contribution in [0.4, 0.5) is 0 Å². The summed E-state index contributed by atoms with van der Waals surface area (Å²) < 4.78 is 0. The van der Waals surface area contributed by atoms with Gasteiger partial charge >= 0.3 is 0 Å². The molecule has 6 nitrogen and oxygen atoms in total. The van der Waals surface area contributed by atoms with Crippen molar-refractivity contribution in [2.45, 2.75) is 57.5 Å². The molecule has 6 heteroatoms. The molecular formula is C21H32O6. The highest BCUT2D eigenvalue weighted by Gasteiger charge is 2.40. The second kappa shape index (κ2) is 10.1. The Morgan fingerprint density at radius 3 is 2.00 bits per heavy atom. The summed E-state index contributed by atoms with van der Waals surface area (Å²) in [6.07, 6.45) is -2.14. The van der Waals surface area contributed by atoms with E-state index in [1.54, 1.807) is 0 Å². The molecule has 0 aliphatic heterocycles. The van der Waals surface area contributed by atoms with Crippen LogP contribution in [-0.4, -0.2) is 62.8 Å². The Labute approximate surface area is 160 Å². The van der Waals surface area contributed by atoms with E-state index in [0.29, 0.717) is 11.8 Å². The van der Waals surface area contributed by atoms with Crippen LogP contribution in [0.3, 0.4) is 0 Å². The number of aldehydes is 1. The third-order valence-corrected chi connectivity index (χ3v) is 5.30. The van der Waals surface area contributed by atoms with Crippen LogP contribution in [0.25, 0.3) is 6.08 Å². The number of hydrogen-bond donors (Lipinski definition) is 5. The van der Waals surface area contributed by atoms with E-state index in [1.807, 2.05) is 0 Å². The maximum absolute atomic E-state index is 9.90. The summed E-state index contributed by atoms with van der Waals surface area (Å²) in [6.45, 7) is 8.54. The highest BCUT2D eigenvalue weighted by Crippen LogP contribution is 2.46. The van der Waals surface area contributed by atoms with E-state index >= 15 is 0 Å². The molecule has 5 N–H and O–H groups in total. The molecule has 152 valence electrons. The standard InChI is InChI=1S/C15H20.C6H12O6/c1-11(2)15(12(3)4)10-9-13-7-5-6-8-14(13)15;7-1-3(9)5(11)6(12)4(10)2-8/h5-12H,1-4H3;1,3-6,8-12H,2H2/t;3-,4+,5+,6-/m.0/s1. The van der Waals surface area contributed by atoms with Crippen molar-refractivity contribution >= 4 is 12.4 Å². The summed E-state index contributed by atoms with van der Waals surface area (Å²) in [4.78, 5) is 9.90. The molecule has 0 saturated heterocycles. The molecule has 0 amide bonds. The molecule has 0 unspecified atom stereocenters. The summed E-state index contributed by atoms with van der Waals surface area (Å²) >= 11 is 0. The summed E-state index contributed by atoms with van der Waals surface area (Å²) in [5, 5.41) is 43.5. The van der Waals surface area contributed by atoms with Crippen molar-refractivity contribution in [1.82, 2.24) is 0 Å². The molecule has 0 saturated carbocycles. The van der Waals surface area contributed by atoms with E-state index in [4.69, 9.17) is 25.5 Å². The lowest BCUT2D eigenvalue weighted by molar-refractivity contribution is -0.136. The first-order valence-electron chi connectivity index (χ1n) is 9.20. The topological polar surface area (TPSA) is 118 Å². The molecule has 0 heterocycles. The van der Waals surface area contributed by atoms with Crippen molar-refractivity contribution < 1.29 is 30.3 Å². The van der Waals surface area contributed by atoms with Crippen LogP contribution in [0.5, 0.6) is 0 Å². The third kappa shape index (κ3) is 5.03. The molecule has 1 aliphatic carbocycles. The number of fused-ring (bicyclic) bond motifs is 1. The highest BCUT2D eigenvalue weighted by molar-refractivity contribution is 5.65. The van der Waals surface area contributed by atoms with Gasteiger partial charge in [0.15, 0.2) is 6.29 Å². The van der Waals surface area contributed by atoms with Gasteiger partial charge in [-0.1, -0.05) is 64.1 Å². The molecule has 0 fully saturated rings. The van der Waals surface area contributed by atoms with Gasteiger partial charge in [-0.25, -0.2) is 0 Å². The minimum Gasteiger partial charge on any atom is -0.394 e. The van der Waals surface area contributed by atoms with Gasteiger partial charge in [-0.05, 0) is 23.0 Å². The Hall–Kier alpha value is -1.57. The molecule has 2 rings (SSSR count). The summed E-state index contributed by atoms with van der Waals surface area (Å²) in [5.74, 6) is 1.30. The predicted molar refractivity (Wildman–Crippen MR) is 104 cm³/mol. The van der Waals surface area contributed by atoms with Crippen LogP contribution in [0, 0.1) is 11.8 Å². The minimum atomic E-state index is -1.79. The lowest BCUT2D eigenvalue weighted by Gasteiger charge is -2.37. The maximum Gasteiger partial charge on any atom is 0.151 e. The quantitative estimate of drug-likeness (QED) is 0.448. The summed E-state index contributed by atoms with van der Waals surface area (Å²) in [7, 11) is 0. The Morgan fingerprint density at radius 2 is 1.52 bits per heavy atom. The molecule has 0 bridgehead atoms. The SMILES string of the molecule is CC(C)C1(C(C)C)C=Cc2ccccc21.O=C[C@H](O)[C@@H](O)[C@@H](O)[C@H](O)CO. The molecule has 0 radical (unpaired) electrons. The lowest BCUT2D eigenvalue weighted by Crippen LogP contribution is -2.46. The van der Waals surface area contributed by atoms with Gasteiger partial charge in [0.05, 0.1) is 6.61 Å². The molecule has 0 aromatic heterocycles. The van der Waals surface area contributed by atoms with Crippen molar-refractivity contribution in [3.8, 4) is 0 Å². The van der Waals surface area contributed by atoms with Crippen molar-refractivity contribution in [3.63, 3.8) is 0 Å². The summed E-state index contributed by atoms with van der Waals surface area (Å²) in [6, 6.07) is 8.79. The molecular weight excluding hydrogens is 348 g/mol. The number of carbonyl (C=O) groups excluding carboxylic acids is 1. The van der Waals surface area contributed by atoms with Gasteiger partial charge in [0.25, 0.3) is 0 Å². The molecule has 27 heavy (non-hydrogen) atoms. The van der Waals surface area contributed by atoms with E-state index in [9.17, 15) is 4.79 Å². The van der Waals surface area contributed by atoms with Crippen molar-refractivity contribution in [2.24, 2.45) is 11.8 Å². The molecule has 4 atom stereocenters. The fourth-order valence-electron chi connectivity index (χ4n) is 3.65. The number of allylic oxidation sites excluding steroid dienone is 1. The van der Waals surface area contributed by atoms with Crippen molar-refractivity contribution in [2.75, 3.05) is 6.61 Å². The number of carbonyl (C=O) groups is 1. The van der Waals surface area contributed by atoms with Gasteiger partial charge in [-0.15, -0.1) is 0 Å². The van der Waals surface area contributed by atoms with E-state index < -0.39 is 31.0 Å². The van der Waals surface area contributed by atoms with Crippen LogP contribution in [0.2, 0.25) is 0 Å². The van der Waals surface area contributed by atoms with E-state index in [1.165, 1.54) is 11.1 Å². The minimum absolute atomic E-state index is 0.0258. The number of hydrogen-bond acceptors (Lipinski definition) is 6. The predicted octanol–water partition coefficient (Wildman–Crippen LogP) is 0.884. The van der Waals surface area contributed by atoms with Crippen molar-refractivity contribution in [1.29, 1.82) is 0 Å².